The Labute approximate surface area is 177 Å². The zero-order valence-electron chi connectivity index (χ0n) is 17.3. The van der Waals surface area contributed by atoms with Gasteiger partial charge in [0.1, 0.15) is 0 Å². The summed E-state index contributed by atoms with van der Waals surface area (Å²) in [4.78, 5) is 32.4. The number of likely N-dealkylation sites (N-methyl/N-ethyl adjacent to an activating group) is 1. The molecule has 2 heterocycles. The van der Waals surface area contributed by atoms with Crippen LogP contribution in [-0.4, -0.2) is 72.8 Å². The number of carbonyl (C=O) groups is 2. The van der Waals surface area contributed by atoms with E-state index >= 15 is 0 Å². The molecule has 0 unspecified atom stereocenters. The Kier molecular flexibility index (Phi) is 7.80. The lowest BCUT2D eigenvalue weighted by molar-refractivity contribution is -0.134. The van der Waals surface area contributed by atoms with Crippen molar-refractivity contribution in [2.45, 2.75) is 19.9 Å². The number of hydrogen-bond acceptors (Lipinski definition) is 5. The van der Waals surface area contributed by atoms with E-state index in [0.29, 0.717) is 0 Å². The second kappa shape index (κ2) is 10.5. The van der Waals surface area contributed by atoms with Crippen molar-refractivity contribution in [1.29, 1.82) is 0 Å². The molecule has 3 rings (SSSR count). The molecule has 1 N–H and O–H groups in total. The molecule has 7 heteroatoms. The number of benzene rings is 1. The molecule has 0 bridgehead atoms. The van der Waals surface area contributed by atoms with Gasteiger partial charge in [-0.1, -0.05) is 31.2 Å². The van der Waals surface area contributed by atoms with E-state index in [1.165, 1.54) is 4.88 Å². The van der Waals surface area contributed by atoms with Crippen LogP contribution in [0.3, 0.4) is 0 Å². The number of rotatable bonds is 8. The van der Waals surface area contributed by atoms with E-state index in [-0.39, 0.29) is 24.9 Å². The van der Waals surface area contributed by atoms with E-state index in [4.69, 9.17) is 0 Å². The van der Waals surface area contributed by atoms with E-state index in [0.717, 1.165) is 50.4 Å². The maximum Gasteiger partial charge on any atom is 0.238 e. The maximum atomic E-state index is 12.6. The summed E-state index contributed by atoms with van der Waals surface area (Å²) in [6.07, 6.45) is 0.864. The highest BCUT2D eigenvalue weighted by molar-refractivity contribution is 7.09. The predicted molar refractivity (Wildman–Crippen MR) is 118 cm³/mol. The first-order valence-corrected chi connectivity index (χ1v) is 11.0. The molecule has 1 aromatic heterocycles. The quantitative estimate of drug-likeness (QED) is 0.721. The Hall–Kier alpha value is -2.22. The third-order valence-electron chi connectivity index (χ3n) is 5.18. The molecule has 1 fully saturated rings. The van der Waals surface area contributed by atoms with Crippen LogP contribution in [0.25, 0.3) is 0 Å². The number of amides is 2. The summed E-state index contributed by atoms with van der Waals surface area (Å²) in [5, 5.41) is 5.06. The lowest BCUT2D eigenvalue weighted by Gasteiger charge is -2.35. The van der Waals surface area contributed by atoms with Crippen molar-refractivity contribution in [2.75, 3.05) is 51.6 Å². The molecule has 0 aliphatic carbocycles. The number of para-hydroxylation sites is 1. The van der Waals surface area contributed by atoms with Gasteiger partial charge in [-0.15, -0.1) is 11.3 Å². The average molecular weight is 415 g/mol. The topological polar surface area (TPSA) is 55.9 Å². The van der Waals surface area contributed by atoms with Crippen molar-refractivity contribution in [3.8, 4) is 0 Å². The fourth-order valence-electron chi connectivity index (χ4n) is 3.55. The standard InChI is InChI=1S/C22H30N4O2S/c1-3-18-7-4-5-9-20(18)23-21(27)16-24(2)17-22(28)26-12-10-25(11-13-26)15-19-8-6-14-29-19/h4-9,14H,3,10-13,15-17H2,1-2H3,(H,23,27). The van der Waals surface area contributed by atoms with E-state index in [2.05, 4.69) is 34.7 Å². The molecule has 1 saturated heterocycles. The van der Waals surface area contributed by atoms with Gasteiger partial charge in [0, 0.05) is 43.3 Å². The first-order valence-electron chi connectivity index (χ1n) is 10.1. The number of nitrogens with zero attached hydrogens (tertiary/aromatic N) is 3. The van der Waals surface area contributed by atoms with Gasteiger partial charge in [-0.2, -0.15) is 0 Å². The minimum Gasteiger partial charge on any atom is -0.339 e. The number of hydrogen-bond donors (Lipinski definition) is 1. The number of carbonyl (C=O) groups excluding carboxylic acids is 2. The third kappa shape index (κ3) is 6.39. The predicted octanol–water partition coefficient (Wildman–Crippen LogP) is 2.53. The number of anilines is 1. The lowest BCUT2D eigenvalue weighted by Crippen LogP contribution is -2.51. The molecule has 0 radical (unpaired) electrons. The summed E-state index contributed by atoms with van der Waals surface area (Å²) in [6, 6.07) is 12.0. The van der Waals surface area contributed by atoms with Crippen LogP contribution in [-0.2, 0) is 22.6 Å². The average Bonchev–Trinajstić information content (AvgIpc) is 3.21. The van der Waals surface area contributed by atoms with E-state index in [1.54, 1.807) is 16.2 Å². The summed E-state index contributed by atoms with van der Waals surface area (Å²) >= 11 is 1.77. The molecular weight excluding hydrogens is 384 g/mol. The van der Waals surface area contributed by atoms with E-state index in [1.807, 2.05) is 36.2 Å². The first kappa shape index (κ1) is 21.5. The lowest BCUT2D eigenvalue weighted by atomic mass is 10.1. The van der Waals surface area contributed by atoms with Gasteiger partial charge in [0.15, 0.2) is 0 Å². The van der Waals surface area contributed by atoms with Gasteiger partial charge >= 0.3 is 0 Å². The van der Waals surface area contributed by atoms with Crippen LogP contribution in [0.4, 0.5) is 5.69 Å². The van der Waals surface area contributed by atoms with Gasteiger partial charge in [0.05, 0.1) is 13.1 Å². The highest BCUT2D eigenvalue weighted by Crippen LogP contribution is 2.16. The zero-order valence-corrected chi connectivity index (χ0v) is 18.1. The normalized spacial score (nSPS) is 14.9. The van der Waals surface area contributed by atoms with Crippen molar-refractivity contribution in [1.82, 2.24) is 14.7 Å². The van der Waals surface area contributed by atoms with Crippen LogP contribution in [0.2, 0.25) is 0 Å². The van der Waals surface area contributed by atoms with Crippen molar-refractivity contribution in [3.05, 3.63) is 52.2 Å². The number of aryl methyl sites for hydroxylation is 1. The second-order valence-corrected chi connectivity index (χ2v) is 8.50. The molecule has 0 atom stereocenters. The van der Waals surface area contributed by atoms with Crippen molar-refractivity contribution >= 4 is 28.8 Å². The molecule has 2 amide bonds. The van der Waals surface area contributed by atoms with Crippen molar-refractivity contribution in [3.63, 3.8) is 0 Å². The van der Waals surface area contributed by atoms with Gasteiger partial charge in [-0.25, -0.2) is 0 Å². The van der Waals surface area contributed by atoms with Crippen LogP contribution in [0.5, 0.6) is 0 Å². The SMILES string of the molecule is CCc1ccccc1NC(=O)CN(C)CC(=O)N1CCN(Cc2cccs2)CC1. The fraction of sp³-hybridized carbons (Fsp3) is 0.455. The molecule has 0 saturated carbocycles. The summed E-state index contributed by atoms with van der Waals surface area (Å²) in [6.45, 7) is 6.75. The Bertz CT molecular complexity index is 801. The Morgan fingerprint density at radius 1 is 1.07 bits per heavy atom. The van der Waals surface area contributed by atoms with Crippen molar-refractivity contribution < 1.29 is 9.59 Å². The van der Waals surface area contributed by atoms with E-state index < -0.39 is 0 Å². The summed E-state index contributed by atoms with van der Waals surface area (Å²) in [7, 11) is 1.82. The second-order valence-electron chi connectivity index (χ2n) is 7.47. The number of nitrogens with one attached hydrogen (secondary N) is 1. The molecular formula is C22H30N4O2S. The summed E-state index contributed by atoms with van der Waals surface area (Å²) in [5.41, 5.74) is 1.96. The maximum absolute atomic E-state index is 12.6. The number of thiophene rings is 1. The van der Waals surface area contributed by atoms with Crippen LogP contribution >= 0.6 is 11.3 Å². The number of piperazine rings is 1. The highest BCUT2D eigenvalue weighted by atomic mass is 32.1. The van der Waals surface area contributed by atoms with Crippen LogP contribution in [0.15, 0.2) is 41.8 Å². The van der Waals surface area contributed by atoms with Gasteiger partial charge in [0.25, 0.3) is 0 Å². The van der Waals surface area contributed by atoms with Crippen LogP contribution in [0, 0.1) is 0 Å². The fourth-order valence-corrected chi connectivity index (χ4v) is 4.30. The molecule has 0 spiro atoms. The molecule has 1 aliphatic heterocycles. The Morgan fingerprint density at radius 2 is 1.83 bits per heavy atom. The zero-order chi connectivity index (χ0) is 20.6. The van der Waals surface area contributed by atoms with E-state index in [9.17, 15) is 9.59 Å². The Morgan fingerprint density at radius 3 is 2.52 bits per heavy atom. The molecule has 6 nitrogen and oxygen atoms in total. The van der Waals surface area contributed by atoms with Gasteiger partial charge in [-0.05, 0) is 36.5 Å². The van der Waals surface area contributed by atoms with Crippen LogP contribution < -0.4 is 5.32 Å². The molecule has 1 aliphatic rings. The monoisotopic (exact) mass is 414 g/mol. The van der Waals surface area contributed by atoms with Gasteiger partial charge in [0.2, 0.25) is 11.8 Å². The minimum absolute atomic E-state index is 0.0880. The van der Waals surface area contributed by atoms with Gasteiger partial charge in [-0.3, -0.25) is 19.4 Å². The first-order chi connectivity index (χ1) is 14.0. The third-order valence-corrected chi connectivity index (χ3v) is 6.04. The summed E-state index contributed by atoms with van der Waals surface area (Å²) in [5.74, 6) is -0.00741. The Balaban J connectivity index is 1.40. The van der Waals surface area contributed by atoms with Gasteiger partial charge < -0.3 is 10.2 Å². The highest BCUT2D eigenvalue weighted by Gasteiger charge is 2.22. The molecule has 2 aromatic rings. The molecule has 156 valence electrons. The van der Waals surface area contributed by atoms with Crippen molar-refractivity contribution in [2.24, 2.45) is 0 Å². The van der Waals surface area contributed by atoms with Crippen LogP contribution in [0.1, 0.15) is 17.4 Å². The molecule has 29 heavy (non-hydrogen) atoms. The minimum atomic E-state index is -0.0954. The largest absolute Gasteiger partial charge is 0.339 e. The summed E-state index contributed by atoms with van der Waals surface area (Å²) < 4.78 is 0. The molecule has 1 aromatic carbocycles. The smallest absolute Gasteiger partial charge is 0.238 e.